The van der Waals surface area contributed by atoms with E-state index in [-0.39, 0.29) is 24.8 Å². The van der Waals surface area contributed by atoms with Gasteiger partial charge in [0.1, 0.15) is 12.4 Å². The van der Waals surface area contributed by atoms with E-state index in [0.717, 1.165) is 47.6 Å². The van der Waals surface area contributed by atoms with Gasteiger partial charge in [-0.3, -0.25) is 9.59 Å². The third kappa shape index (κ3) is 7.55. The molecule has 0 unspecified atom stereocenters. The minimum absolute atomic E-state index is 0.0165. The molecule has 0 bridgehead atoms. The van der Waals surface area contributed by atoms with Gasteiger partial charge in [-0.1, -0.05) is 73.5 Å². The van der Waals surface area contributed by atoms with E-state index in [2.05, 4.69) is 18.7 Å². The summed E-state index contributed by atoms with van der Waals surface area (Å²) in [6, 6.07) is 23.4. The van der Waals surface area contributed by atoms with Crippen LogP contribution in [-0.2, 0) is 4.79 Å². The Balaban J connectivity index is 1.55. The van der Waals surface area contributed by atoms with Crippen LogP contribution < -0.4 is 4.74 Å². The zero-order valence-electron chi connectivity index (χ0n) is 23.4. The number of likely N-dealkylation sites (tertiary alicyclic amines) is 1. The molecule has 4 rings (SSSR count). The molecule has 0 aliphatic carbocycles. The van der Waals surface area contributed by atoms with Crippen molar-refractivity contribution in [3.63, 3.8) is 0 Å². The molecule has 5 heteroatoms. The number of piperidine rings is 1. The molecular formula is C34H38N2O3. The van der Waals surface area contributed by atoms with Crippen LogP contribution >= 0.6 is 0 Å². The number of Topliss-reactive ketones (excluding diaryl/α,β-unsaturated/α-hetero) is 1. The summed E-state index contributed by atoms with van der Waals surface area (Å²) in [5, 5.41) is 0. The molecule has 0 N–H and O–H groups in total. The van der Waals surface area contributed by atoms with Crippen molar-refractivity contribution in [3.8, 4) is 5.75 Å². The number of likely N-dealkylation sites (N-methyl/N-ethyl adjacent to an activating group) is 1. The van der Waals surface area contributed by atoms with Gasteiger partial charge in [-0.05, 0) is 74.5 Å². The fourth-order valence-corrected chi connectivity index (χ4v) is 4.62. The summed E-state index contributed by atoms with van der Waals surface area (Å²) in [5.74, 6) is 0.617. The summed E-state index contributed by atoms with van der Waals surface area (Å²) in [6.07, 6.45) is 3.80. The number of amides is 1. The highest BCUT2D eigenvalue weighted by Crippen LogP contribution is 2.24. The van der Waals surface area contributed by atoms with E-state index in [1.807, 2.05) is 86.7 Å². The van der Waals surface area contributed by atoms with Crippen molar-refractivity contribution in [1.82, 2.24) is 9.80 Å². The predicted molar refractivity (Wildman–Crippen MR) is 159 cm³/mol. The maximum atomic E-state index is 13.6. The average Bonchev–Trinajstić information content (AvgIpc) is 2.95. The van der Waals surface area contributed by atoms with Crippen molar-refractivity contribution in [3.05, 3.63) is 112 Å². The van der Waals surface area contributed by atoms with Crippen LogP contribution in [0.5, 0.6) is 5.75 Å². The smallest absolute Gasteiger partial charge is 0.254 e. The SMILES string of the molecule is CCN(CC)CCOc1ccc(C(=O)N2C/C(=C/c3ccc(C)cc3)C(=O)/C(=C/c3ccc(C)cc3)C2)cc1. The lowest BCUT2D eigenvalue weighted by atomic mass is 9.93. The van der Waals surface area contributed by atoms with E-state index in [9.17, 15) is 9.59 Å². The molecule has 3 aromatic carbocycles. The maximum absolute atomic E-state index is 13.6. The average molecular weight is 523 g/mol. The number of aryl methyl sites for hydroxylation is 2. The van der Waals surface area contributed by atoms with Gasteiger partial charge in [0, 0.05) is 23.3 Å². The molecule has 1 saturated heterocycles. The number of rotatable bonds is 9. The molecule has 1 heterocycles. The van der Waals surface area contributed by atoms with Crippen molar-refractivity contribution in [2.24, 2.45) is 0 Å². The molecule has 5 nitrogen and oxygen atoms in total. The molecule has 1 aliphatic rings. The number of nitrogens with zero attached hydrogens (tertiary/aromatic N) is 2. The molecule has 202 valence electrons. The highest BCUT2D eigenvalue weighted by atomic mass is 16.5. The first kappa shape index (κ1) is 28.1. The van der Waals surface area contributed by atoms with Crippen molar-refractivity contribution >= 4 is 23.8 Å². The molecule has 0 radical (unpaired) electrons. The summed E-state index contributed by atoms with van der Waals surface area (Å²) in [4.78, 5) is 31.2. The van der Waals surface area contributed by atoms with Gasteiger partial charge in [0.15, 0.2) is 5.78 Å². The maximum Gasteiger partial charge on any atom is 0.254 e. The monoisotopic (exact) mass is 522 g/mol. The van der Waals surface area contributed by atoms with E-state index in [0.29, 0.717) is 23.3 Å². The molecule has 0 saturated carbocycles. The van der Waals surface area contributed by atoms with E-state index in [1.165, 1.54) is 0 Å². The standard InChI is InChI=1S/C34H38N2O3/c1-5-35(6-2)19-20-39-32-17-15-29(16-18-32)34(38)36-23-30(21-27-11-7-25(3)8-12-27)33(37)31(24-36)22-28-13-9-26(4)10-14-28/h7-18,21-22H,5-6,19-20,23-24H2,1-4H3/b30-21-,31-22+. The van der Waals surface area contributed by atoms with Crippen LogP contribution in [0.4, 0.5) is 0 Å². The molecule has 0 atom stereocenters. The Kier molecular flexibility index (Phi) is 9.50. The van der Waals surface area contributed by atoms with Crippen LogP contribution in [0.15, 0.2) is 83.9 Å². The van der Waals surface area contributed by atoms with Crippen molar-refractivity contribution < 1.29 is 14.3 Å². The number of ketones is 1. The second-order valence-corrected chi connectivity index (χ2v) is 10.1. The number of carbonyl (C=O) groups excluding carboxylic acids is 2. The van der Waals surface area contributed by atoms with E-state index < -0.39 is 0 Å². The molecule has 0 aromatic heterocycles. The molecule has 3 aromatic rings. The lowest BCUT2D eigenvalue weighted by Gasteiger charge is -2.30. The highest BCUT2D eigenvalue weighted by molar-refractivity contribution is 6.15. The zero-order valence-corrected chi connectivity index (χ0v) is 23.4. The summed E-state index contributed by atoms with van der Waals surface area (Å²) < 4.78 is 5.89. The normalized spacial score (nSPS) is 15.8. The lowest BCUT2D eigenvalue weighted by molar-refractivity contribution is -0.113. The van der Waals surface area contributed by atoms with Gasteiger partial charge >= 0.3 is 0 Å². The molecule has 1 fully saturated rings. The van der Waals surface area contributed by atoms with Crippen LogP contribution in [-0.4, -0.2) is 60.8 Å². The predicted octanol–water partition coefficient (Wildman–Crippen LogP) is 6.22. The number of hydrogen-bond acceptors (Lipinski definition) is 4. The first-order valence-electron chi connectivity index (χ1n) is 13.7. The van der Waals surface area contributed by atoms with Crippen LogP contribution in [0.25, 0.3) is 12.2 Å². The third-order valence-electron chi connectivity index (χ3n) is 7.10. The Morgan fingerprint density at radius 3 is 1.74 bits per heavy atom. The second kappa shape index (κ2) is 13.2. The Bertz CT molecular complexity index is 1270. The second-order valence-electron chi connectivity index (χ2n) is 10.1. The topological polar surface area (TPSA) is 49.9 Å². The minimum Gasteiger partial charge on any atom is -0.492 e. The van der Waals surface area contributed by atoms with Crippen molar-refractivity contribution in [2.75, 3.05) is 39.3 Å². The summed E-state index contributed by atoms with van der Waals surface area (Å²) >= 11 is 0. The fourth-order valence-electron chi connectivity index (χ4n) is 4.62. The Morgan fingerprint density at radius 2 is 1.28 bits per heavy atom. The number of hydrogen-bond donors (Lipinski definition) is 0. The van der Waals surface area contributed by atoms with Crippen molar-refractivity contribution in [1.29, 1.82) is 0 Å². The summed E-state index contributed by atoms with van der Waals surface area (Å²) in [7, 11) is 0. The van der Waals surface area contributed by atoms with Crippen LogP contribution in [0.3, 0.4) is 0 Å². The first-order valence-corrected chi connectivity index (χ1v) is 13.7. The Hall–Kier alpha value is -3.96. The van der Waals surface area contributed by atoms with E-state index in [4.69, 9.17) is 4.74 Å². The summed E-state index contributed by atoms with van der Waals surface area (Å²) in [6.45, 7) is 12.3. The van der Waals surface area contributed by atoms with Gasteiger partial charge in [0.25, 0.3) is 5.91 Å². The summed E-state index contributed by atoms with van der Waals surface area (Å²) in [5.41, 5.74) is 5.98. The van der Waals surface area contributed by atoms with E-state index >= 15 is 0 Å². The zero-order chi connectivity index (χ0) is 27.8. The van der Waals surface area contributed by atoms with Crippen LogP contribution in [0.1, 0.15) is 46.5 Å². The van der Waals surface area contributed by atoms with E-state index in [1.54, 1.807) is 17.0 Å². The number of carbonyl (C=O) groups is 2. The van der Waals surface area contributed by atoms with Crippen molar-refractivity contribution in [2.45, 2.75) is 27.7 Å². The number of ether oxygens (including phenoxy) is 1. The first-order chi connectivity index (χ1) is 18.9. The van der Waals surface area contributed by atoms with Gasteiger partial charge in [-0.2, -0.15) is 0 Å². The van der Waals surface area contributed by atoms with Gasteiger partial charge in [0.05, 0.1) is 13.1 Å². The molecule has 0 spiro atoms. The van der Waals surface area contributed by atoms with Gasteiger partial charge < -0.3 is 14.5 Å². The number of benzene rings is 3. The molecular weight excluding hydrogens is 484 g/mol. The van der Waals surface area contributed by atoms with Gasteiger partial charge in [-0.15, -0.1) is 0 Å². The molecule has 1 aliphatic heterocycles. The van der Waals surface area contributed by atoms with Crippen LogP contribution in [0, 0.1) is 13.8 Å². The highest BCUT2D eigenvalue weighted by Gasteiger charge is 2.29. The fraction of sp³-hybridized carbons (Fsp3) is 0.294. The third-order valence-corrected chi connectivity index (χ3v) is 7.10. The van der Waals surface area contributed by atoms with Gasteiger partial charge in [0.2, 0.25) is 0 Å². The Labute approximate surface area is 232 Å². The quantitative estimate of drug-likeness (QED) is 0.313. The Morgan fingerprint density at radius 1 is 0.795 bits per heavy atom. The molecule has 1 amide bonds. The van der Waals surface area contributed by atoms with Crippen LogP contribution in [0.2, 0.25) is 0 Å². The molecule has 39 heavy (non-hydrogen) atoms. The van der Waals surface area contributed by atoms with Gasteiger partial charge in [-0.25, -0.2) is 0 Å². The minimum atomic E-state index is -0.109. The largest absolute Gasteiger partial charge is 0.492 e. The lowest BCUT2D eigenvalue weighted by Crippen LogP contribution is -2.41.